The molecule has 0 aromatic heterocycles. The van der Waals surface area contributed by atoms with Gasteiger partial charge in [-0.3, -0.25) is 4.79 Å². The molecule has 0 saturated carbocycles. The number of rotatable bonds is 5. The summed E-state index contributed by atoms with van der Waals surface area (Å²) in [5, 5.41) is 0. The molecular formula is C12H17NO2S. The lowest BCUT2D eigenvalue weighted by Crippen LogP contribution is -2.02. The Balaban J connectivity index is 2.56. The summed E-state index contributed by atoms with van der Waals surface area (Å²) >= 11 is 1.64. The van der Waals surface area contributed by atoms with Gasteiger partial charge in [0.25, 0.3) is 0 Å². The molecule has 1 rings (SSSR count). The first-order valence-corrected chi connectivity index (χ1v) is 6.15. The summed E-state index contributed by atoms with van der Waals surface area (Å²) in [5.41, 5.74) is 8.01. The van der Waals surface area contributed by atoms with Crippen LogP contribution in [0.25, 0.3) is 0 Å². The first kappa shape index (κ1) is 13.1. The minimum Gasteiger partial charge on any atom is -0.469 e. The average Bonchev–Trinajstić information content (AvgIpc) is 2.30. The Hall–Kier alpha value is -1.00. The summed E-state index contributed by atoms with van der Waals surface area (Å²) in [7, 11) is 1.41. The first-order chi connectivity index (χ1) is 7.67. The molecule has 16 heavy (non-hydrogen) atoms. The van der Waals surface area contributed by atoms with E-state index in [1.54, 1.807) is 11.8 Å². The van der Waals surface area contributed by atoms with Crippen molar-refractivity contribution < 1.29 is 9.53 Å². The van der Waals surface area contributed by atoms with Crippen molar-refractivity contribution in [2.45, 2.75) is 24.8 Å². The summed E-state index contributed by atoms with van der Waals surface area (Å²) in [6, 6.07) is 6.19. The van der Waals surface area contributed by atoms with E-state index in [1.165, 1.54) is 12.7 Å². The lowest BCUT2D eigenvalue weighted by Gasteiger charge is -2.08. The van der Waals surface area contributed by atoms with E-state index in [0.717, 1.165) is 16.2 Å². The van der Waals surface area contributed by atoms with Crippen molar-refractivity contribution in [2.24, 2.45) is 5.73 Å². The Morgan fingerprint density at radius 3 is 2.88 bits per heavy atom. The second-order valence-corrected chi connectivity index (χ2v) is 4.63. The van der Waals surface area contributed by atoms with Crippen molar-refractivity contribution in [3.8, 4) is 0 Å². The van der Waals surface area contributed by atoms with Crippen LogP contribution in [0.2, 0.25) is 0 Å². The molecule has 0 bridgehead atoms. The highest BCUT2D eigenvalue weighted by Crippen LogP contribution is 2.24. The zero-order chi connectivity index (χ0) is 12.0. The fourth-order valence-corrected chi connectivity index (χ4v) is 2.34. The Bertz CT molecular complexity index is 366. The van der Waals surface area contributed by atoms with E-state index in [4.69, 9.17) is 5.73 Å². The zero-order valence-corrected chi connectivity index (χ0v) is 10.5. The van der Waals surface area contributed by atoms with Crippen molar-refractivity contribution in [3.05, 3.63) is 29.3 Å². The van der Waals surface area contributed by atoms with Gasteiger partial charge in [-0.25, -0.2) is 0 Å². The number of esters is 1. The monoisotopic (exact) mass is 239 g/mol. The molecule has 2 N–H and O–H groups in total. The first-order valence-electron chi connectivity index (χ1n) is 5.16. The highest BCUT2D eigenvalue weighted by Gasteiger charge is 2.04. The van der Waals surface area contributed by atoms with Crippen molar-refractivity contribution >= 4 is 17.7 Å². The third-order valence-electron chi connectivity index (χ3n) is 2.23. The van der Waals surface area contributed by atoms with Gasteiger partial charge in [0, 0.05) is 17.2 Å². The SMILES string of the molecule is COC(=O)CCSc1ccc(C)cc1CN. The van der Waals surface area contributed by atoms with Crippen LogP contribution in [0.1, 0.15) is 17.5 Å². The van der Waals surface area contributed by atoms with Crippen molar-refractivity contribution in [3.63, 3.8) is 0 Å². The minimum atomic E-state index is -0.172. The molecule has 4 heteroatoms. The third-order valence-corrected chi connectivity index (χ3v) is 3.34. The predicted molar refractivity (Wildman–Crippen MR) is 66.4 cm³/mol. The molecule has 0 atom stereocenters. The highest BCUT2D eigenvalue weighted by molar-refractivity contribution is 7.99. The van der Waals surface area contributed by atoms with Gasteiger partial charge in [-0.15, -0.1) is 11.8 Å². The summed E-state index contributed by atoms with van der Waals surface area (Å²) in [4.78, 5) is 12.1. The van der Waals surface area contributed by atoms with E-state index < -0.39 is 0 Å². The van der Waals surface area contributed by atoms with Gasteiger partial charge < -0.3 is 10.5 Å². The van der Waals surface area contributed by atoms with Crippen LogP contribution in [0.5, 0.6) is 0 Å². The molecule has 0 unspecified atom stereocenters. The maximum Gasteiger partial charge on any atom is 0.306 e. The normalized spacial score (nSPS) is 10.2. The van der Waals surface area contributed by atoms with Gasteiger partial charge in [-0.05, 0) is 18.6 Å². The van der Waals surface area contributed by atoms with Crippen LogP contribution >= 0.6 is 11.8 Å². The minimum absolute atomic E-state index is 0.172. The van der Waals surface area contributed by atoms with Crippen molar-refractivity contribution in [1.29, 1.82) is 0 Å². The van der Waals surface area contributed by atoms with Crippen LogP contribution in [0, 0.1) is 6.92 Å². The maximum absolute atomic E-state index is 11.0. The van der Waals surface area contributed by atoms with E-state index in [9.17, 15) is 4.79 Å². The van der Waals surface area contributed by atoms with E-state index in [1.807, 2.05) is 6.92 Å². The quantitative estimate of drug-likeness (QED) is 0.631. The van der Waals surface area contributed by atoms with E-state index in [2.05, 4.69) is 22.9 Å². The van der Waals surface area contributed by atoms with Crippen LogP contribution in [0.3, 0.4) is 0 Å². The number of nitrogens with two attached hydrogens (primary N) is 1. The van der Waals surface area contributed by atoms with E-state index in [0.29, 0.717) is 13.0 Å². The zero-order valence-electron chi connectivity index (χ0n) is 9.66. The van der Waals surface area contributed by atoms with Gasteiger partial charge in [0.15, 0.2) is 0 Å². The lowest BCUT2D eigenvalue weighted by atomic mass is 10.1. The number of hydrogen-bond donors (Lipinski definition) is 1. The smallest absolute Gasteiger partial charge is 0.306 e. The van der Waals surface area contributed by atoms with E-state index in [-0.39, 0.29) is 5.97 Å². The van der Waals surface area contributed by atoms with Crippen molar-refractivity contribution in [2.75, 3.05) is 12.9 Å². The molecule has 1 aromatic rings. The number of ether oxygens (including phenoxy) is 1. The fourth-order valence-electron chi connectivity index (χ4n) is 1.35. The summed E-state index contributed by atoms with van der Waals surface area (Å²) in [5.74, 6) is 0.553. The molecule has 0 aliphatic rings. The van der Waals surface area contributed by atoms with Crippen molar-refractivity contribution in [1.82, 2.24) is 0 Å². The molecule has 88 valence electrons. The van der Waals surface area contributed by atoms with Crippen LogP contribution in [-0.4, -0.2) is 18.8 Å². The lowest BCUT2D eigenvalue weighted by molar-refractivity contribution is -0.140. The molecule has 0 spiro atoms. The topological polar surface area (TPSA) is 52.3 Å². The van der Waals surface area contributed by atoms with Gasteiger partial charge in [-0.2, -0.15) is 0 Å². The molecule has 1 aromatic carbocycles. The van der Waals surface area contributed by atoms with E-state index >= 15 is 0 Å². The number of hydrogen-bond acceptors (Lipinski definition) is 4. The van der Waals surface area contributed by atoms with Gasteiger partial charge >= 0.3 is 5.97 Å². The number of methoxy groups -OCH3 is 1. The molecule has 3 nitrogen and oxygen atoms in total. The molecule has 0 amide bonds. The van der Waals surface area contributed by atoms with Gasteiger partial charge in [-0.1, -0.05) is 17.7 Å². The molecule has 0 radical (unpaired) electrons. The molecule has 0 aliphatic heterocycles. The Kier molecular flexibility index (Phi) is 5.35. The molecule has 0 heterocycles. The maximum atomic E-state index is 11.0. The number of benzene rings is 1. The van der Waals surface area contributed by atoms with Gasteiger partial charge in [0.2, 0.25) is 0 Å². The largest absolute Gasteiger partial charge is 0.469 e. The van der Waals surface area contributed by atoms with Crippen LogP contribution in [-0.2, 0) is 16.1 Å². The molecule has 0 aliphatic carbocycles. The molecular weight excluding hydrogens is 222 g/mol. The van der Waals surface area contributed by atoms with Gasteiger partial charge in [0.1, 0.15) is 0 Å². The Labute approximate surface area is 100 Å². The Morgan fingerprint density at radius 1 is 1.50 bits per heavy atom. The average molecular weight is 239 g/mol. The summed E-state index contributed by atoms with van der Waals surface area (Å²) in [6.45, 7) is 2.57. The standard InChI is InChI=1S/C12H17NO2S/c1-9-3-4-11(10(7-9)8-13)16-6-5-12(14)15-2/h3-4,7H,5-6,8,13H2,1-2H3. The van der Waals surface area contributed by atoms with Gasteiger partial charge in [0.05, 0.1) is 13.5 Å². The predicted octanol–water partition coefficient (Wildman–Crippen LogP) is 2.11. The summed E-state index contributed by atoms with van der Waals surface area (Å²) in [6.07, 6.45) is 0.430. The van der Waals surface area contributed by atoms with Crippen LogP contribution < -0.4 is 5.73 Å². The second kappa shape index (κ2) is 6.55. The van der Waals surface area contributed by atoms with Crippen LogP contribution in [0.15, 0.2) is 23.1 Å². The molecule has 0 saturated heterocycles. The number of thioether (sulfide) groups is 1. The van der Waals surface area contributed by atoms with Crippen LogP contribution in [0.4, 0.5) is 0 Å². The third kappa shape index (κ3) is 3.87. The molecule has 0 fully saturated rings. The number of aryl methyl sites for hydroxylation is 1. The fraction of sp³-hybridized carbons (Fsp3) is 0.417. The Morgan fingerprint density at radius 2 is 2.25 bits per heavy atom. The number of carbonyl (C=O) groups is 1. The highest BCUT2D eigenvalue weighted by atomic mass is 32.2. The second-order valence-electron chi connectivity index (χ2n) is 3.49. The summed E-state index contributed by atoms with van der Waals surface area (Å²) < 4.78 is 4.59. The number of carbonyl (C=O) groups excluding carboxylic acids is 1.